The summed E-state index contributed by atoms with van der Waals surface area (Å²) < 4.78 is 5.62. The van der Waals surface area contributed by atoms with Crippen molar-refractivity contribution in [3.63, 3.8) is 0 Å². The maximum absolute atomic E-state index is 5.62. The van der Waals surface area contributed by atoms with Gasteiger partial charge in [-0.3, -0.25) is 4.90 Å². The Morgan fingerprint density at radius 1 is 0.971 bits per heavy atom. The number of piperazine rings is 1. The van der Waals surface area contributed by atoms with Gasteiger partial charge in [0.05, 0.1) is 6.61 Å². The van der Waals surface area contributed by atoms with E-state index < -0.39 is 0 Å². The maximum Gasteiger partial charge on any atom is 0.161 e. The van der Waals surface area contributed by atoms with Crippen LogP contribution >= 0.6 is 0 Å². The molecule has 1 aliphatic carbocycles. The second-order valence-corrected chi connectivity index (χ2v) is 10.3. The highest BCUT2D eigenvalue weighted by Gasteiger charge is 2.23. The molecule has 0 amide bonds. The lowest BCUT2D eigenvalue weighted by Gasteiger charge is -2.37. The Morgan fingerprint density at radius 2 is 1.88 bits per heavy atom. The minimum absolute atomic E-state index is 0.513. The number of fused-ring (bicyclic) bond motifs is 1. The van der Waals surface area contributed by atoms with Gasteiger partial charge in [-0.2, -0.15) is 0 Å². The average Bonchev–Trinajstić information content (AvgIpc) is 3.26. The Hall–Kier alpha value is -1.80. The van der Waals surface area contributed by atoms with E-state index in [9.17, 15) is 0 Å². The van der Waals surface area contributed by atoms with E-state index in [2.05, 4.69) is 51.1 Å². The lowest BCUT2D eigenvalue weighted by molar-refractivity contribution is 0.130. The molecule has 7 heteroatoms. The van der Waals surface area contributed by atoms with Crippen LogP contribution in [0.15, 0.2) is 24.4 Å². The Morgan fingerprint density at radius 3 is 2.74 bits per heavy atom. The molecule has 0 bridgehead atoms. The smallest absolute Gasteiger partial charge is 0.161 e. The Kier molecular flexibility index (Phi) is 8.27. The summed E-state index contributed by atoms with van der Waals surface area (Å²) in [6.07, 6.45) is 16.0. The molecule has 4 aliphatic rings. The fourth-order valence-corrected chi connectivity index (χ4v) is 5.63. The van der Waals surface area contributed by atoms with Crippen molar-refractivity contribution in [2.75, 3.05) is 84.1 Å². The van der Waals surface area contributed by atoms with Gasteiger partial charge in [-0.05, 0) is 52.1 Å². The first kappa shape index (κ1) is 23.9. The van der Waals surface area contributed by atoms with Crippen molar-refractivity contribution in [2.24, 2.45) is 0 Å². The molecule has 0 aromatic carbocycles. The molecule has 5 rings (SSSR count). The number of rotatable bonds is 6. The summed E-state index contributed by atoms with van der Waals surface area (Å²) in [7, 11) is 2.22. The predicted molar refractivity (Wildman–Crippen MR) is 138 cm³/mol. The number of likely N-dealkylation sites (N-methyl/N-ethyl adjacent to an activating group) is 1. The molecule has 0 N–H and O–H groups in total. The Labute approximate surface area is 205 Å². The van der Waals surface area contributed by atoms with E-state index in [0.717, 1.165) is 90.7 Å². The second kappa shape index (κ2) is 11.8. The molecule has 34 heavy (non-hydrogen) atoms. The number of ether oxygens (including phenoxy) is 1. The van der Waals surface area contributed by atoms with E-state index in [1.165, 1.54) is 42.8 Å². The standard InChI is InChI=1S/C27H42N6O/c1-30-15-17-32(18-16-30)25-9-7-23(8-10-25)26-28-22-24-6-2-3-13-33(27(24)29-26)14-4-11-31-12-5-20-34-21-19-31/h7-9,22,25H,2-6,10-21H2,1H3. The molecule has 2 fully saturated rings. The van der Waals surface area contributed by atoms with Crippen LogP contribution in [-0.4, -0.2) is 110 Å². The fraction of sp³-hybridized carbons (Fsp3) is 0.704. The lowest BCUT2D eigenvalue weighted by atomic mass is 10.0. The highest BCUT2D eigenvalue weighted by Crippen LogP contribution is 2.28. The molecule has 186 valence electrons. The first-order chi connectivity index (χ1) is 16.8. The van der Waals surface area contributed by atoms with Gasteiger partial charge >= 0.3 is 0 Å². The average molecular weight is 467 g/mol. The van der Waals surface area contributed by atoms with Gasteiger partial charge in [0.25, 0.3) is 0 Å². The second-order valence-electron chi connectivity index (χ2n) is 10.3. The van der Waals surface area contributed by atoms with Crippen LogP contribution in [-0.2, 0) is 11.2 Å². The van der Waals surface area contributed by atoms with Crippen LogP contribution in [0.5, 0.6) is 0 Å². The quantitative estimate of drug-likeness (QED) is 0.639. The van der Waals surface area contributed by atoms with Crippen molar-refractivity contribution < 1.29 is 4.74 Å². The normalized spacial score (nSPS) is 25.5. The van der Waals surface area contributed by atoms with Crippen molar-refractivity contribution in [3.8, 4) is 0 Å². The summed E-state index contributed by atoms with van der Waals surface area (Å²) >= 11 is 0. The highest BCUT2D eigenvalue weighted by molar-refractivity contribution is 5.72. The van der Waals surface area contributed by atoms with Crippen LogP contribution in [0.25, 0.3) is 5.57 Å². The van der Waals surface area contributed by atoms with E-state index >= 15 is 0 Å². The molecule has 1 aromatic heterocycles. The van der Waals surface area contributed by atoms with E-state index in [-0.39, 0.29) is 0 Å². The lowest BCUT2D eigenvalue weighted by Crippen LogP contribution is -2.48. The minimum atomic E-state index is 0.513. The number of allylic oxidation sites excluding steroid dienone is 2. The van der Waals surface area contributed by atoms with Crippen LogP contribution in [0.4, 0.5) is 5.82 Å². The van der Waals surface area contributed by atoms with Crippen molar-refractivity contribution in [1.29, 1.82) is 0 Å². The summed E-state index contributed by atoms with van der Waals surface area (Å²) in [4.78, 5) is 20.1. The Balaban J connectivity index is 1.22. The number of anilines is 1. The van der Waals surface area contributed by atoms with Gasteiger partial charge in [-0.1, -0.05) is 18.2 Å². The third-order valence-electron chi connectivity index (χ3n) is 7.82. The summed E-state index contributed by atoms with van der Waals surface area (Å²) in [5.74, 6) is 2.07. The first-order valence-corrected chi connectivity index (χ1v) is 13.5. The third-order valence-corrected chi connectivity index (χ3v) is 7.82. The van der Waals surface area contributed by atoms with E-state index in [1.807, 2.05) is 0 Å². The minimum Gasteiger partial charge on any atom is -0.380 e. The molecule has 0 spiro atoms. The zero-order chi connectivity index (χ0) is 23.2. The third kappa shape index (κ3) is 6.06. The van der Waals surface area contributed by atoms with Gasteiger partial charge in [-0.25, -0.2) is 9.97 Å². The molecule has 1 atom stereocenters. The largest absolute Gasteiger partial charge is 0.380 e. The molecule has 4 heterocycles. The van der Waals surface area contributed by atoms with E-state index in [0.29, 0.717) is 6.04 Å². The molecule has 0 saturated carbocycles. The molecule has 1 aromatic rings. The van der Waals surface area contributed by atoms with Crippen molar-refractivity contribution in [2.45, 2.75) is 44.6 Å². The number of aromatic nitrogens is 2. The van der Waals surface area contributed by atoms with Crippen LogP contribution in [0.2, 0.25) is 0 Å². The molecule has 0 radical (unpaired) electrons. The Bertz CT molecular complexity index is 855. The zero-order valence-electron chi connectivity index (χ0n) is 21.0. The van der Waals surface area contributed by atoms with E-state index in [1.54, 1.807) is 0 Å². The molecule has 7 nitrogen and oxygen atoms in total. The van der Waals surface area contributed by atoms with Gasteiger partial charge in [0.15, 0.2) is 5.82 Å². The molecular weight excluding hydrogens is 424 g/mol. The number of hydrogen-bond donors (Lipinski definition) is 0. The van der Waals surface area contributed by atoms with E-state index in [4.69, 9.17) is 14.7 Å². The topological polar surface area (TPSA) is 48.0 Å². The monoisotopic (exact) mass is 466 g/mol. The van der Waals surface area contributed by atoms with Gasteiger partial charge in [-0.15, -0.1) is 0 Å². The number of hydrogen-bond acceptors (Lipinski definition) is 7. The summed E-state index contributed by atoms with van der Waals surface area (Å²) in [6.45, 7) is 12.0. The molecular formula is C27H42N6O. The SMILES string of the molecule is CN1CCN(C2C=CC(c3ncc4c(n3)N(CCCN3CCCOCC3)CCCC4)=CC2)CC1. The van der Waals surface area contributed by atoms with Crippen molar-refractivity contribution >= 4 is 11.4 Å². The van der Waals surface area contributed by atoms with Crippen molar-refractivity contribution in [1.82, 2.24) is 24.7 Å². The van der Waals surface area contributed by atoms with Gasteiger partial charge in [0, 0.05) is 82.3 Å². The maximum atomic E-state index is 5.62. The molecule has 1 unspecified atom stereocenters. The van der Waals surface area contributed by atoms with Crippen LogP contribution < -0.4 is 4.90 Å². The number of nitrogens with zero attached hydrogens (tertiary/aromatic N) is 6. The summed E-state index contributed by atoms with van der Waals surface area (Å²) in [6, 6.07) is 0.513. The van der Waals surface area contributed by atoms with Crippen molar-refractivity contribution in [3.05, 3.63) is 35.8 Å². The number of aryl methyl sites for hydroxylation is 1. The molecule has 2 saturated heterocycles. The van der Waals surface area contributed by atoms with Crippen LogP contribution in [0.3, 0.4) is 0 Å². The molecule has 3 aliphatic heterocycles. The fourth-order valence-electron chi connectivity index (χ4n) is 5.63. The first-order valence-electron chi connectivity index (χ1n) is 13.5. The zero-order valence-corrected chi connectivity index (χ0v) is 21.0. The van der Waals surface area contributed by atoms with Crippen LogP contribution in [0.1, 0.15) is 43.5 Å². The van der Waals surface area contributed by atoms with Gasteiger partial charge in [0.1, 0.15) is 5.82 Å². The van der Waals surface area contributed by atoms with Crippen LogP contribution in [0, 0.1) is 0 Å². The highest BCUT2D eigenvalue weighted by atomic mass is 16.5. The predicted octanol–water partition coefficient (Wildman–Crippen LogP) is 2.69. The summed E-state index contributed by atoms with van der Waals surface area (Å²) in [5, 5.41) is 0. The summed E-state index contributed by atoms with van der Waals surface area (Å²) in [5.41, 5.74) is 2.50. The van der Waals surface area contributed by atoms with Gasteiger partial charge < -0.3 is 19.4 Å². The van der Waals surface area contributed by atoms with Gasteiger partial charge in [0.2, 0.25) is 0 Å².